The van der Waals surface area contributed by atoms with Crippen molar-refractivity contribution in [2.24, 2.45) is 0 Å². The molecule has 6 heteroatoms. The quantitative estimate of drug-likeness (QED) is 0.801. The zero-order valence-corrected chi connectivity index (χ0v) is 9.72. The van der Waals surface area contributed by atoms with Crippen LogP contribution in [0.5, 0.6) is 0 Å². The Kier molecular flexibility index (Phi) is 2.44. The number of aliphatic hydroxyl groups is 1. The third-order valence-electron chi connectivity index (χ3n) is 3.39. The maximum Gasteiger partial charge on any atom is 0.194 e. The van der Waals surface area contributed by atoms with Crippen LogP contribution < -0.4 is 0 Å². The van der Waals surface area contributed by atoms with Gasteiger partial charge in [0.2, 0.25) is 0 Å². The molecule has 2 N–H and O–H groups in total. The first kappa shape index (κ1) is 10.5. The summed E-state index contributed by atoms with van der Waals surface area (Å²) in [5.74, 6) is 0.673. The van der Waals surface area contributed by atoms with Gasteiger partial charge >= 0.3 is 0 Å². The summed E-state index contributed by atoms with van der Waals surface area (Å²) >= 11 is 0. The first-order valence-corrected chi connectivity index (χ1v) is 5.85. The molecule has 1 aliphatic rings. The van der Waals surface area contributed by atoms with E-state index < -0.39 is 0 Å². The van der Waals surface area contributed by atoms with Gasteiger partial charge in [0.05, 0.1) is 12.6 Å². The zero-order chi connectivity index (χ0) is 11.8. The maximum absolute atomic E-state index is 9.96. The highest BCUT2D eigenvalue weighted by molar-refractivity contribution is 5.32. The molecule has 3 rings (SSSR count). The Morgan fingerprint density at radius 1 is 1.59 bits per heavy atom. The third-order valence-corrected chi connectivity index (χ3v) is 3.39. The number of rotatable bonds is 2. The van der Waals surface area contributed by atoms with Gasteiger partial charge in [-0.15, -0.1) is 10.2 Å². The average Bonchev–Trinajstić information content (AvgIpc) is 2.91. The SMILES string of the molecule is Cc1cc2c(n1Cc1nn[nH]n1)CCCC2O. The van der Waals surface area contributed by atoms with E-state index in [1.54, 1.807) is 0 Å². The molecule has 0 fully saturated rings. The fourth-order valence-corrected chi connectivity index (χ4v) is 2.55. The van der Waals surface area contributed by atoms with Crippen LogP contribution in [0.3, 0.4) is 0 Å². The highest BCUT2D eigenvalue weighted by Crippen LogP contribution is 2.32. The minimum atomic E-state index is -0.316. The van der Waals surface area contributed by atoms with Gasteiger partial charge in [0.25, 0.3) is 0 Å². The van der Waals surface area contributed by atoms with Gasteiger partial charge in [0, 0.05) is 17.0 Å². The molecule has 2 heterocycles. The van der Waals surface area contributed by atoms with E-state index in [4.69, 9.17) is 0 Å². The standard InChI is InChI=1S/C11H15N5O/c1-7-5-8-9(3-2-4-10(8)17)16(7)6-11-12-14-15-13-11/h5,10,17H,2-4,6H2,1H3,(H,12,13,14,15). The van der Waals surface area contributed by atoms with E-state index in [9.17, 15) is 5.11 Å². The molecule has 0 amide bonds. The van der Waals surface area contributed by atoms with Crippen molar-refractivity contribution in [1.82, 2.24) is 25.2 Å². The third kappa shape index (κ3) is 1.74. The number of hydrogen-bond acceptors (Lipinski definition) is 4. The Balaban J connectivity index is 1.99. The van der Waals surface area contributed by atoms with Gasteiger partial charge in [-0.2, -0.15) is 5.21 Å². The second-order valence-electron chi connectivity index (χ2n) is 4.51. The lowest BCUT2D eigenvalue weighted by atomic mass is 9.95. The molecule has 17 heavy (non-hydrogen) atoms. The fraction of sp³-hybridized carbons (Fsp3) is 0.545. The number of aryl methyl sites for hydroxylation is 1. The van der Waals surface area contributed by atoms with E-state index in [1.807, 2.05) is 6.92 Å². The summed E-state index contributed by atoms with van der Waals surface area (Å²) in [5.41, 5.74) is 3.42. The van der Waals surface area contributed by atoms with Gasteiger partial charge in [-0.05, 0) is 32.3 Å². The monoisotopic (exact) mass is 233 g/mol. The van der Waals surface area contributed by atoms with Crippen LogP contribution in [0.2, 0.25) is 0 Å². The van der Waals surface area contributed by atoms with Gasteiger partial charge in [0.1, 0.15) is 0 Å². The molecule has 0 radical (unpaired) electrons. The molecule has 2 aromatic rings. The fourth-order valence-electron chi connectivity index (χ4n) is 2.55. The van der Waals surface area contributed by atoms with Crippen molar-refractivity contribution < 1.29 is 5.11 Å². The Bertz CT molecular complexity index is 516. The van der Waals surface area contributed by atoms with Crippen LogP contribution >= 0.6 is 0 Å². The molecule has 0 spiro atoms. The summed E-state index contributed by atoms with van der Waals surface area (Å²) < 4.78 is 2.17. The minimum absolute atomic E-state index is 0.316. The van der Waals surface area contributed by atoms with E-state index in [-0.39, 0.29) is 6.10 Å². The van der Waals surface area contributed by atoms with E-state index in [1.165, 1.54) is 5.69 Å². The van der Waals surface area contributed by atoms with Crippen LogP contribution in [0.4, 0.5) is 0 Å². The van der Waals surface area contributed by atoms with E-state index in [0.717, 1.165) is 30.5 Å². The second-order valence-corrected chi connectivity index (χ2v) is 4.51. The van der Waals surface area contributed by atoms with E-state index in [0.29, 0.717) is 12.4 Å². The normalized spacial score (nSPS) is 19.3. The number of nitrogens with one attached hydrogen (secondary N) is 1. The predicted octanol–water partition coefficient (Wildman–Crippen LogP) is 0.728. The van der Waals surface area contributed by atoms with Crippen molar-refractivity contribution >= 4 is 0 Å². The molecule has 0 aliphatic heterocycles. The van der Waals surface area contributed by atoms with Crippen LogP contribution in [0, 0.1) is 6.92 Å². The van der Waals surface area contributed by atoms with Crippen molar-refractivity contribution in [3.63, 3.8) is 0 Å². The summed E-state index contributed by atoms with van der Waals surface area (Å²) in [6, 6.07) is 2.07. The minimum Gasteiger partial charge on any atom is -0.388 e. The van der Waals surface area contributed by atoms with Crippen molar-refractivity contribution in [3.05, 3.63) is 28.8 Å². The van der Waals surface area contributed by atoms with Crippen molar-refractivity contribution in [1.29, 1.82) is 0 Å². The molecule has 0 saturated carbocycles. The summed E-state index contributed by atoms with van der Waals surface area (Å²) in [6.45, 7) is 2.66. The van der Waals surface area contributed by atoms with Gasteiger partial charge in [-0.3, -0.25) is 0 Å². The smallest absolute Gasteiger partial charge is 0.194 e. The van der Waals surface area contributed by atoms with E-state index >= 15 is 0 Å². The van der Waals surface area contributed by atoms with Crippen LogP contribution in [0.25, 0.3) is 0 Å². The molecule has 1 aliphatic carbocycles. The Morgan fingerprint density at radius 3 is 3.24 bits per heavy atom. The van der Waals surface area contributed by atoms with Gasteiger partial charge in [0.15, 0.2) is 5.82 Å². The number of aromatic amines is 1. The van der Waals surface area contributed by atoms with Gasteiger partial charge < -0.3 is 9.67 Å². The molecular weight excluding hydrogens is 218 g/mol. The lowest BCUT2D eigenvalue weighted by molar-refractivity contribution is 0.155. The number of hydrogen-bond donors (Lipinski definition) is 2. The van der Waals surface area contributed by atoms with Gasteiger partial charge in [-0.25, -0.2) is 0 Å². The number of nitrogens with zero attached hydrogens (tertiary/aromatic N) is 4. The molecule has 2 aromatic heterocycles. The Labute approximate surface area is 98.7 Å². The second kappa shape index (κ2) is 3.96. The van der Waals surface area contributed by atoms with Crippen LogP contribution in [-0.4, -0.2) is 30.3 Å². The van der Waals surface area contributed by atoms with E-state index in [2.05, 4.69) is 31.3 Å². The van der Waals surface area contributed by atoms with Gasteiger partial charge in [-0.1, -0.05) is 5.21 Å². The van der Waals surface area contributed by atoms with Crippen LogP contribution in [-0.2, 0) is 13.0 Å². The topological polar surface area (TPSA) is 79.6 Å². The number of fused-ring (bicyclic) bond motifs is 1. The summed E-state index contributed by atoms with van der Waals surface area (Å²) in [7, 11) is 0. The van der Waals surface area contributed by atoms with Crippen LogP contribution in [0.15, 0.2) is 6.07 Å². The molecule has 1 unspecified atom stereocenters. The molecule has 0 bridgehead atoms. The highest BCUT2D eigenvalue weighted by atomic mass is 16.3. The maximum atomic E-state index is 9.96. The number of aromatic nitrogens is 5. The first-order valence-electron chi connectivity index (χ1n) is 5.85. The lowest BCUT2D eigenvalue weighted by Gasteiger charge is -2.19. The zero-order valence-electron chi connectivity index (χ0n) is 9.72. The number of tetrazole rings is 1. The summed E-state index contributed by atoms with van der Waals surface area (Å²) in [6.07, 6.45) is 2.59. The Hall–Kier alpha value is -1.69. The first-order chi connectivity index (χ1) is 8.25. The van der Waals surface area contributed by atoms with Crippen molar-refractivity contribution in [3.8, 4) is 0 Å². The average molecular weight is 233 g/mol. The molecule has 0 saturated heterocycles. The molecule has 6 nitrogen and oxygen atoms in total. The molecule has 90 valence electrons. The molecule has 0 aromatic carbocycles. The Morgan fingerprint density at radius 2 is 2.47 bits per heavy atom. The molecule has 1 atom stereocenters. The summed E-state index contributed by atoms with van der Waals surface area (Å²) in [4.78, 5) is 0. The van der Waals surface area contributed by atoms with Crippen molar-refractivity contribution in [2.75, 3.05) is 0 Å². The number of aliphatic hydroxyl groups excluding tert-OH is 1. The highest BCUT2D eigenvalue weighted by Gasteiger charge is 2.23. The number of H-pyrrole nitrogens is 1. The van der Waals surface area contributed by atoms with Crippen LogP contribution in [0.1, 0.15) is 41.7 Å². The predicted molar refractivity (Wildman–Crippen MR) is 60.3 cm³/mol. The lowest BCUT2D eigenvalue weighted by Crippen LogP contribution is -2.13. The summed E-state index contributed by atoms with van der Waals surface area (Å²) in [5, 5.41) is 23.9. The molecular formula is C11H15N5O. The van der Waals surface area contributed by atoms with Crippen molar-refractivity contribution in [2.45, 2.75) is 38.8 Å². The largest absolute Gasteiger partial charge is 0.388 e.